The van der Waals surface area contributed by atoms with Crippen molar-refractivity contribution in [1.82, 2.24) is 9.97 Å². The first-order valence-electron chi connectivity index (χ1n) is 9.32. The molecule has 0 saturated heterocycles. The van der Waals surface area contributed by atoms with E-state index in [4.69, 9.17) is 4.42 Å². The molecular formula is C23H29N3O. The normalized spacial score (nSPS) is 13.3. The van der Waals surface area contributed by atoms with E-state index < -0.39 is 0 Å². The van der Waals surface area contributed by atoms with Crippen molar-refractivity contribution >= 4 is 23.8 Å². The highest BCUT2D eigenvalue weighted by Crippen LogP contribution is 2.34. The lowest BCUT2D eigenvalue weighted by atomic mass is 9.84. The van der Waals surface area contributed by atoms with Gasteiger partial charge in [-0.1, -0.05) is 34.6 Å². The van der Waals surface area contributed by atoms with E-state index >= 15 is 0 Å². The maximum Gasteiger partial charge on any atom is 0.110 e. The fourth-order valence-electron chi connectivity index (χ4n) is 3.21. The van der Waals surface area contributed by atoms with Gasteiger partial charge in [0.05, 0.1) is 11.0 Å². The number of aryl methyl sites for hydroxylation is 1. The summed E-state index contributed by atoms with van der Waals surface area (Å²) in [6.07, 6.45) is 4.67. The fourth-order valence-corrected chi connectivity index (χ4v) is 3.21. The van der Waals surface area contributed by atoms with Crippen LogP contribution in [0, 0.1) is 6.92 Å². The number of aromatic nitrogens is 2. The van der Waals surface area contributed by atoms with Crippen LogP contribution in [-0.4, -0.2) is 16.7 Å². The molecular weight excluding hydrogens is 334 g/mol. The first-order chi connectivity index (χ1) is 12.6. The van der Waals surface area contributed by atoms with Crippen LogP contribution in [0.5, 0.6) is 0 Å². The molecule has 0 aliphatic rings. The molecule has 0 saturated carbocycles. The van der Waals surface area contributed by atoms with Gasteiger partial charge >= 0.3 is 0 Å². The van der Waals surface area contributed by atoms with Gasteiger partial charge in [-0.05, 0) is 44.0 Å². The molecule has 0 aromatic carbocycles. The first kappa shape index (κ1) is 19.2. The molecule has 0 aliphatic carbocycles. The van der Waals surface area contributed by atoms with Gasteiger partial charge in [-0.2, -0.15) is 0 Å². The van der Waals surface area contributed by atoms with E-state index in [1.165, 1.54) is 0 Å². The quantitative estimate of drug-likeness (QED) is 0.551. The first-order valence-corrected chi connectivity index (χ1v) is 9.32. The summed E-state index contributed by atoms with van der Waals surface area (Å²) < 4.78 is 5.96. The number of allylic oxidation sites excluding steroid dienone is 1. The third-order valence-corrected chi connectivity index (χ3v) is 4.96. The van der Waals surface area contributed by atoms with E-state index in [9.17, 15) is 0 Å². The molecule has 3 aromatic heterocycles. The van der Waals surface area contributed by atoms with Crippen molar-refractivity contribution in [2.45, 2.75) is 58.8 Å². The highest BCUT2D eigenvalue weighted by molar-refractivity contribution is 5.76. The number of furan rings is 1. The van der Waals surface area contributed by atoms with Gasteiger partial charge in [0.25, 0.3) is 0 Å². The molecule has 0 amide bonds. The highest BCUT2D eigenvalue weighted by Gasteiger charge is 2.25. The number of aliphatic imine (C=N–C) groups is 1. The number of nitrogens with one attached hydrogen (secondary N) is 1. The summed E-state index contributed by atoms with van der Waals surface area (Å²) in [6, 6.07) is 8.23. The molecule has 0 fully saturated rings. The summed E-state index contributed by atoms with van der Waals surface area (Å²) in [5.41, 5.74) is 5.04. The van der Waals surface area contributed by atoms with E-state index in [1.54, 1.807) is 0 Å². The minimum Gasteiger partial charge on any atom is -0.465 e. The Balaban J connectivity index is 1.90. The molecule has 0 atom stereocenters. The van der Waals surface area contributed by atoms with Crippen LogP contribution in [0.15, 0.2) is 45.6 Å². The van der Waals surface area contributed by atoms with Gasteiger partial charge in [0.2, 0.25) is 0 Å². The number of H-pyrrole nitrogens is 1. The van der Waals surface area contributed by atoms with Crippen LogP contribution in [0.25, 0.3) is 17.1 Å². The minimum absolute atomic E-state index is 0.0186. The predicted octanol–water partition coefficient (Wildman–Crippen LogP) is 6.17. The largest absolute Gasteiger partial charge is 0.465 e. The average Bonchev–Trinajstić information content (AvgIpc) is 3.18. The topological polar surface area (TPSA) is 54.2 Å². The molecule has 142 valence electrons. The smallest absolute Gasteiger partial charge is 0.110 e. The van der Waals surface area contributed by atoms with E-state index in [1.807, 2.05) is 25.3 Å². The van der Waals surface area contributed by atoms with E-state index in [0.717, 1.165) is 45.9 Å². The molecule has 3 aromatic rings. The third-order valence-electron chi connectivity index (χ3n) is 4.96. The van der Waals surface area contributed by atoms with Crippen LogP contribution in [0.4, 0.5) is 0 Å². The summed E-state index contributed by atoms with van der Waals surface area (Å²) in [5.74, 6) is 1.89. The van der Waals surface area contributed by atoms with Crippen molar-refractivity contribution in [3.63, 3.8) is 0 Å². The predicted molar refractivity (Wildman–Crippen MR) is 113 cm³/mol. The van der Waals surface area contributed by atoms with Crippen molar-refractivity contribution in [2.24, 2.45) is 4.99 Å². The summed E-state index contributed by atoms with van der Waals surface area (Å²) in [5, 5.41) is 0. The SMILES string of the molecule is C=N/C(=C\c1cc(C(C)(C)C)oc1C)CC(C)(C)c1cc2ncccc2[nH]1. The molecule has 3 rings (SSSR count). The van der Waals surface area contributed by atoms with Crippen LogP contribution >= 0.6 is 0 Å². The minimum atomic E-state index is -0.127. The molecule has 4 nitrogen and oxygen atoms in total. The Morgan fingerprint density at radius 3 is 2.59 bits per heavy atom. The van der Waals surface area contributed by atoms with Crippen molar-refractivity contribution in [2.75, 3.05) is 0 Å². The standard InChI is InChI=1S/C23H29N3O/c1-15-16(12-21(27-15)22(2,3)4)11-17(24-7)14-23(5,6)20-13-19-18(26-20)9-8-10-25-19/h8-13,26H,7,14H2,1-6H3/b17-11-. The zero-order valence-corrected chi connectivity index (χ0v) is 17.2. The molecule has 3 heterocycles. The number of aromatic amines is 1. The number of hydrogen-bond donors (Lipinski definition) is 1. The number of fused-ring (bicyclic) bond motifs is 1. The van der Waals surface area contributed by atoms with Crippen molar-refractivity contribution in [1.29, 1.82) is 0 Å². The number of hydrogen-bond acceptors (Lipinski definition) is 3. The molecule has 0 unspecified atom stereocenters. The summed E-state index contributed by atoms with van der Waals surface area (Å²) >= 11 is 0. The lowest BCUT2D eigenvalue weighted by molar-refractivity contribution is 0.395. The summed E-state index contributed by atoms with van der Waals surface area (Å²) in [7, 11) is 0. The Labute approximate surface area is 161 Å². The van der Waals surface area contributed by atoms with Gasteiger partial charge in [0, 0.05) is 40.4 Å². The molecule has 4 heteroatoms. The Hall–Kier alpha value is -2.62. The van der Waals surface area contributed by atoms with Gasteiger partial charge in [-0.25, -0.2) is 0 Å². The third kappa shape index (κ3) is 4.05. The summed E-state index contributed by atoms with van der Waals surface area (Å²) in [6.45, 7) is 16.7. The van der Waals surface area contributed by atoms with Crippen LogP contribution in [0.1, 0.15) is 63.8 Å². The number of pyridine rings is 1. The van der Waals surface area contributed by atoms with Gasteiger partial charge in [0.15, 0.2) is 0 Å². The molecule has 0 aliphatic heterocycles. The van der Waals surface area contributed by atoms with E-state index in [-0.39, 0.29) is 10.8 Å². The van der Waals surface area contributed by atoms with Gasteiger partial charge in [0.1, 0.15) is 11.5 Å². The number of nitrogens with zero attached hydrogens (tertiary/aromatic N) is 2. The van der Waals surface area contributed by atoms with Crippen molar-refractivity contribution in [3.05, 3.63) is 58.9 Å². The van der Waals surface area contributed by atoms with Crippen LogP contribution in [0.2, 0.25) is 0 Å². The Kier molecular flexibility index (Phi) is 4.85. The lowest BCUT2D eigenvalue weighted by Gasteiger charge is -2.23. The fraction of sp³-hybridized carbons (Fsp3) is 0.391. The second kappa shape index (κ2) is 6.84. The van der Waals surface area contributed by atoms with Crippen LogP contribution < -0.4 is 0 Å². The highest BCUT2D eigenvalue weighted by atomic mass is 16.3. The van der Waals surface area contributed by atoms with Gasteiger partial charge in [-0.3, -0.25) is 9.98 Å². The van der Waals surface area contributed by atoms with Crippen LogP contribution in [-0.2, 0) is 10.8 Å². The Bertz CT molecular complexity index is 963. The monoisotopic (exact) mass is 363 g/mol. The van der Waals surface area contributed by atoms with Crippen LogP contribution in [0.3, 0.4) is 0 Å². The van der Waals surface area contributed by atoms with E-state index in [2.05, 4.69) is 74.5 Å². The second-order valence-corrected chi connectivity index (χ2v) is 8.85. The molecule has 0 bridgehead atoms. The maximum absolute atomic E-state index is 5.96. The molecule has 27 heavy (non-hydrogen) atoms. The Morgan fingerprint density at radius 2 is 2.00 bits per heavy atom. The Morgan fingerprint density at radius 1 is 1.26 bits per heavy atom. The van der Waals surface area contributed by atoms with Gasteiger partial charge < -0.3 is 9.40 Å². The zero-order valence-electron chi connectivity index (χ0n) is 17.2. The number of rotatable bonds is 5. The molecule has 1 N–H and O–H groups in total. The summed E-state index contributed by atoms with van der Waals surface area (Å²) in [4.78, 5) is 12.2. The second-order valence-electron chi connectivity index (χ2n) is 8.85. The van der Waals surface area contributed by atoms with E-state index in [0.29, 0.717) is 0 Å². The van der Waals surface area contributed by atoms with Crippen molar-refractivity contribution in [3.8, 4) is 0 Å². The average molecular weight is 364 g/mol. The molecule has 0 radical (unpaired) electrons. The lowest BCUT2D eigenvalue weighted by Crippen LogP contribution is -2.18. The maximum atomic E-state index is 5.96. The molecule has 0 spiro atoms. The van der Waals surface area contributed by atoms with Gasteiger partial charge in [-0.15, -0.1) is 0 Å². The van der Waals surface area contributed by atoms with Crippen molar-refractivity contribution < 1.29 is 4.42 Å². The zero-order chi connectivity index (χ0) is 19.8.